The summed E-state index contributed by atoms with van der Waals surface area (Å²) in [6.07, 6.45) is 0. The molecule has 0 aliphatic carbocycles. The van der Waals surface area contributed by atoms with Crippen molar-refractivity contribution in [3.8, 4) is 23.0 Å². The summed E-state index contributed by atoms with van der Waals surface area (Å²) in [5, 5.41) is 5.83. The third-order valence-corrected chi connectivity index (χ3v) is 10.8. The van der Waals surface area contributed by atoms with Gasteiger partial charge in [-0.25, -0.2) is 9.97 Å². The topological polar surface area (TPSA) is 112 Å². The minimum absolute atomic E-state index is 0.120. The molecule has 2 heterocycles. The average molecular weight is 703 g/mol. The van der Waals surface area contributed by atoms with E-state index in [1.54, 1.807) is 71.2 Å². The van der Waals surface area contributed by atoms with Crippen LogP contribution in [0, 0.1) is 0 Å². The molecule has 0 saturated heterocycles. The van der Waals surface area contributed by atoms with Gasteiger partial charge in [0.2, 0.25) is 11.8 Å². The van der Waals surface area contributed by atoms with Crippen LogP contribution in [-0.4, -0.2) is 46.5 Å². The van der Waals surface area contributed by atoms with Gasteiger partial charge in [-0.2, -0.15) is 0 Å². The summed E-state index contributed by atoms with van der Waals surface area (Å²) in [5.74, 6) is 3.12. The Labute approximate surface area is 288 Å². The fourth-order valence-electron chi connectivity index (χ4n) is 4.40. The number of nitrogens with zero attached hydrogens (tertiary/aromatic N) is 2. The number of carbonyl (C=O) groups excluding carboxylic acids is 2. The third-order valence-electron chi connectivity index (χ3n) is 6.47. The van der Waals surface area contributed by atoms with Crippen LogP contribution in [0.1, 0.15) is 13.8 Å². The number of rotatable bonds is 14. The molecule has 0 fully saturated rings. The molecule has 2 aromatic heterocycles. The quantitative estimate of drug-likeness (QED) is 0.107. The molecular weight excluding hydrogens is 673 g/mol. The molecule has 0 radical (unpaired) electrons. The van der Waals surface area contributed by atoms with Gasteiger partial charge < -0.3 is 24.8 Å². The van der Waals surface area contributed by atoms with E-state index in [1.165, 1.54) is 23.5 Å². The van der Waals surface area contributed by atoms with Gasteiger partial charge in [0, 0.05) is 11.4 Å². The van der Waals surface area contributed by atoms with Crippen LogP contribution >= 0.6 is 46.2 Å². The molecular formula is C34H30N4O5S4. The first-order valence-corrected chi connectivity index (χ1v) is 18.3. The van der Waals surface area contributed by atoms with E-state index in [1.807, 2.05) is 50.2 Å². The largest absolute Gasteiger partial charge is 0.494 e. The summed E-state index contributed by atoms with van der Waals surface area (Å²) in [6, 6.07) is 26.0. The molecule has 6 aromatic rings. The van der Waals surface area contributed by atoms with Crippen molar-refractivity contribution < 1.29 is 23.8 Å². The molecule has 240 valence electrons. The predicted octanol–water partition coefficient (Wildman–Crippen LogP) is 8.96. The SMILES string of the molecule is CCOc1ccc2nc(SCC(=O)Nc3ccc(Oc4ccc(NC(=O)CSc5nc6ccc(OCC)cc6s5)cc4)cc3)sc2c1. The Hall–Kier alpha value is -4.30. The van der Waals surface area contributed by atoms with E-state index in [0.717, 1.165) is 40.6 Å². The number of nitrogens with one attached hydrogen (secondary N) is 2. The lowest BCUT2D eigenvalue weighted by Gasteiger charge is -2.09. The van der Waals surface area contributed by atoms with Crippen molar-refractivity contribution in [3.05, 3.63) is 84.9 Å². The molecule has 0 bridgehead atoms. The van der Waals surface area contributed by atoms with Crippen LogP contribution in [0.25, 0.3) is 20.4 Å². The Morgan fingerprint density at radius 2 is 1.02 bits per heavy atom. The standard InChI is InChI=1S/C34H30N4O5S4/c1-3-41-25-13-15-27-29(17-25)46-33(37-27)44-19-31(39)35-21-5-9-23(10-6-21)43-24-11-7-22(8-12-24)36-32(40)20-45-34-38-28-16-14-26(42-4-2)18-30(28)47-34/h5-18H,3-4,19-20H2,1-2H3,(H,35,39)(H,36,40). The zero-order chi connectivity index (χ0) is 32.6. The molecule has 4 aromatic carbocycles. The Kier molecular flexibility index (Phi) is 10.8. The highest BCUT2D eigenvalue weighted by Gasteiger charge is 2.11. The van der Waals surface area contributed by atoms with E-state index >= 15 is 0 Å². The number of thioether (sulfide) groups is 2. The van der Waals surface area contributed by atoms with Gasteiger partial charge in [0.1, 0.15) is 23.0 Å². The highest BCUT2D eigenvalue weighted by atomic mass is 32.2. The molecule has 47 heavy (non-hydrogen) atoms. The number of ether oxygens (including phenoxy) is 3. The number of aromatic nitrogens is 2. The highest BCUT2D eigenvalue weighted by Crippen LogP contribution is 2.33. The number of anilines is 2. The van der Waals surface area contributed by atoms with Gasteiger partial charge in [0.15, 0.2) is 8.68 Å². The first kappa shape index (κ1) is 32.6. The molecule has 0 atom stereocenters. The smallest absolute Gasteiger partial charge is 0.234 e. The average Bonchev–Trinajstić information content (AvgIpc) is 3.68. The van der Waals surface area contributed by atoms with Crippen molar-refractivity contribution in [2.24, 2.45) is 0 Å². The molecule has 0 aliphatic heterocycles. The normalized spacial score (nSPS) is 11.0. The Morgan fingerprint density at radius 1 is 0.617 bits per heavy atom. The zero-order valence-electron chi connectivity index (χ0n) is 25.5. The van der Waals surface area contributed by atoms with Crippen LogP contribution in [0.2, 0.25) is 0 Å². The fourth-order valence-corrected chi connectivity index (χ4v) is 8.20. The van der Waals surface area contributed by atoms with Crippen LogP contribution in [0.3, 0.4) is 0 Å². The van der Waals surface area contributed by atoms with Crippen LogP contribution in [0.5, 0.6) is 23.0 Å². The molecule has 9 nitrogen and oxygen atoms in total. The molecule has 0 spiro atoms. The molecule has 0 unspecified atom stereocenters. The number of hydrogen-bond donors (Lipinski definition) is 2. The van der Waals surface area contributed by atoms with E-state index in [-0.39, 0.29) is 23.3 Å². The Bertz CT molecular complexity index is 1850. The van der Waals surface area contributed by atoms with Crippen molar-refractivity contribution in [2.75, 3.05) is 35.4 Å². The summed E-state index contributed by atoms with van der Waals surface area (Å²) in [7, 11) is 0. The van der Waals surface area contributed by atoms with Crippen molar-refractivity contribution in [3.63, 3.8) is 0 Å². The fraction of sp³-hybridized carbons (Fsp3) is 0.176. The number of thiazole rings is 2. The second-order valence-corrected chi connectivity index (χ2v) is 14.4. The molecule has 13 heteroatoms. The zero-order valence-corrected chi connectivity index (χ0v) is 28.7. The minimum atomic E-state index is -0.120. The lowest BCUT2D eigenvalue weighted by Crippen LogP contribution is -2.13. The van der Waals surface area contributed by atoms with Crippen LogP contribution < -0.4 is 24.8 Å². The summed E-state index contributed by atoms with van der Waals surface area (Å²) >= 11 is 5.89. The van der Waals surface area contributed by atoms with E-state index < -0.39 is 0 Å². The monoisotopic (exact) mass is 702 g/mol. The van der Waals surface area contributed by atoms with E-state index in [0.29, 0.717) is 36.1 Å². The van der Waals surface area contributed by atoms with E-state index in [2.05, 4.69) is 20.6 Å². The van der Waals surface area contributed by atoms with Gasteiger partial charge in [0.25, 0.3) is 0 Å². The first-order chi connectivity index (χ1) is 22.9. The summed E-state index contributed by atoms with van der Waals surface area (Å²) in [4.78, 5) is 34.3. The second-order valence-electron chi connectivity index (χ2n) is 9.91. The van der Waals surface area contributed by atoms with Crippen LogP contribution in [-0.2, 0) is 9.59 Å². The molecule has 0 saturated carbocycles. The van der Waals surface area contributed by atoms with Crippen molar-refractivity contribution in [1.82, 2.24) is 9.97 Å². The van der Waals surface area contributed by atoms with Gasteiger partial charge in [-0.3, -0.25) is 9.59 Å². The Morgan fingerprint density at radius 3 is 1.43 bits per heavy atom. The summed E-state index contributed by atoms with van der Waals surface area (Å²) in [5.41, 5.74) is 3.13. The number of hydrogen-bond acceptors (Lipinski definition) is 11. The maximum atomic E-state index is 12.6. The van der Waals surface area contributed by atoms with Gasteiger partial charge >= 0.3 is 0 Å². The first-order valence-electron chi connectivity index (χ1n) is 14.7. The predicted molar refractivity (Wildman–Crippen MR) is 193 cm³/mol. The van der Waals surface area contributed by atoms with E-state index in [4.69, 9.17) is 14.2 Å². The summed E-state index contributed by atoms with van der Waals surface area (Å²) < 4.78 is 20.8. The van der Waals surface area contributed by atoms with Crippen LogP contribution in [0.4, 0.5) is 11.4 Å². The minimum Gasteiger partial charge on any atom is -0.494 e. The molecule has 6 rings (SSSR count). The maximum Gasteiger partial charge on any atom is 0.234 e. The van der Waals surface area contributed by atoms with E-state index in [9.17, 15) is 9.59 Å². The molecule has 2 amide bonds. The maximum absolute atomic E-state index is 12.6. The van der Waals surface area contributed by atoms with Gasteiger partial charge in [-0.15, -0.1) is 22.7 Å². The molecule has 2 N–H and O–H groups in total. The van der Waals surface area contributed by atoms with Crippen molar-refractivity contribution in [1.29, 1.82) is 0 Å². The van der Waals surface area contributed by atoms with Gasteiger partial charge in [-0.1, -0.05) is 23.5 Å². The summed E-state index contributed by atoms with van der Waals surface area (Å²) in [6.45, 7) is 5.12. The molecule has 0 aliphatic rings. The number of benzene rings is 4. The third kappa shape index (κ3) is 8.95. The lowest BCUT2D eigenvalue weighted by atomic mass is 10.3. The van der Waals surface area contributed by atoms with Gasteiger partial charge in [-0.05, 0) is 98.8 Å². The number of amides is 2. The lowest BCUT2D eigenvalue weighted by molar-refractivity contribution is -0.114. The van der Waals surface area contributed by atoms with Crippen molar-refractivity contribution >= 4 is 89.8 Å². The van der Waals surface area contributed by atoms with Crippen LogP contribution in [0.15, 0.2) is 93.6 Å². The number of fused-ring (bicyclic) bond motifs is 2. The number of carbonyl (C=O) groups is 2. The van der Waals surface area contributed by atoms with Crippen molar-refractivity contribution in [2.45, 2.75) is 22.5 Å². The highest BCUT2D eigenvalue weighted by molar-refractivity contribution is 8.02. The Balaban J connectivity index is 0.937. The second kappa shape index (κ2) is 15.5. The van der Waals surface area contributed by atoms with Gasteiger partial charge in [0.05, 0.1) is 45.2 Å².